The summed E-state index contributed by atoms with van der Waals surface area (Å²) in [6, 6.07) is 3.78. The van der Waals surface area contributed by atoms with Crippen molar-refractivity contribution in [3.63, 3.8) is 0 Å². The number of nitrogens with two attached hydrogens (primary N) is 1. The molecule has 0 aliphatic rings. The molecule has 0 bridgehead atoms. The summed E-state index contributed by atoms with van der Waals surface area (Å²) in [6.07, 6.45) is 0.335. The number of rotatable bonds is 4. The largest absolute Gasteiger partial charge is 0.368 e. The minimum absolute atomic E-state index is 0.0236. The molecule has 1 heterocycles. The van der Waals surface area contributed by atoms with Crippen molar-refractivity contribution in [3.05, 3.63) is 22.4 Å². The fourth-order valence-corrected chi connectivity index (χ4v) is 1.71. The Bertz CT molecular complexity index is 322. The molecular formula is C9H12N2O2S. The molecule has 76 valence electrons. The second-order valence-electron chi connectivity index (χ2n) is 2.97. The van der Waals surface area contributed by atoms with Crippen molar-refractivity contribution in [2.75, 3.05) is 13.6 Å². The highest BCUT2D eigenvalue weighted by molar-refractivity contribution is 7.10. The summed E-state index contributed by atoms with van der Waals surface area (Å²) in [5, 5.41) is 1.91. The maximum Gasteiger partial charge on any atom is 0.237 e. The lowest BCUT2D eigenvalue weighted by molar-refractivity contribution is -0.133. The van der Waals surface area contributed by atoms with Crippen molar-refractivity contribution in [1.29, 1.82) is 0 Å². The molecule has 0 spiro atoms. The van der Waals surface area contributed by atoms with E-state index in [9.17, 15) is 9.59 Å². The first-order valence-corrected chi connectivity index (χ1v) is 5.02. The molecule has 1 rings (SSSR count). The summed E-state index contributed by atoms with van der Waals surface area (Å²) < 4.78 is 0. The first kappa shape index (κ1) is 10.7. The van der Waals surface area contributed by atoms with Crippen LogP contribution in [0.4, 0.5) is 0 Å². The highest BCUT2D eigenvalue weighted by Gasteiger charge is 2.11. The quantitative estimate of drug-likeness (QED) is 0.776. The molecule has 1 aromatic heterocycles. The van der Waals surface area contributed by atoms with E-state index in [0.29, 0.717) is 6.42 Å². The molecule has 2 amide bonds. The Balaban J connectivity index is 2.46. The molecule has 1 aromatic rings. The van der Waals surface area contributed by atoms with Crippen LogP contribution in [0.3, 0.4) is 0 Å². The molecule has 0 atom stereocenters. The van der Waals surface area contributed by atoms with Crippen molar-refractivity contribution in [1.82, 2.24) is 4.90 Å². The van der Waals surface area contributed by atoms with Gasteiger partial charge in [0.15, 0.2) is 0 Å². The number of amides is 2. The van der Waals surface area contributed by atoms with Crippen molar-refractivity contribution >= 4 is 23.2 Å². The minimum Gasteiger partial charge on any atom is -0.368 e. The van der Waals surface area contributed by atoms with Crippen molar-refractivity contribution < 1.29 is 9.59 Å². The highest BCUT2D eigenvalue weighted by Crippen LogP contribution is 2.09. The van der Waals surface area contributed by atoms with Crippen LogP contribution >= 0.6 is 11.3 Å². The van der Waals surface area contributed by atoms with Gasteiger partial charge in [0, 0.05) is 11.9 Å². The van der Waals surface area contributed by atoms with E-state index in [-0.39, 0.29) is 12.5 Å². The van der Waals surface area contributed by atoms with E-state index in [0.717, 1.165) is 4.88 Å². The summed E-state index contributed by atoms with van der Waals surface area (Å²) >= 11 is 1.52. The third-order valence-electron chi connectivity index (χ3n) is 1.72. The molecule has 4 nitrogen and oxygen atoms in total. The number of carbonyl (C=O) groups excluding carboxylic acids is 2. The Kier molecular flexibility index (Phi) is 3.64. The summed E-state index contributed by atoms with van der Waals surface area (Å²) in [5.74, 6) is -0.585. The van der Waals surface area contributed by atoms with Gasteiger partial charge in [0.25, 0.3) is 0 Å². The van der Waals surface area contributed by atoms with Crippen LogP contribution in [0.2, 0.25) is 0 Å². The number of hydrogen-bond acceptors (Lipinski definition) is 3. The van der Waals surface area contributed by atoms with Gasteiger partial charge in [-0.15, -0.1) is 11.3 Å². The van der Waals surface area contributed by atoms with E-state index in [1.807, 2.05) is 17.5 Å². The minimum atomic E-state index is -0.493. The number of thiophene rings is 1. The van der Waals surface area contributed by atoms with Crippen LogP contribution in [-0.4, -0.2) is 30.3 Å². The van der Waals surface area contributed by atoms with Crippen LogP contribution in [0.25, 0.3) is 0 Å². The SMILES string of the molecule is CN(CC(N)=O)C(=O)Cc1cccs1. The number of primary amides is 1. The Morgan fingerprint density at radius 2 is 2.29 bits per heavy atom. The van der Waals surface area contributed by atoms with Gasteiger partial charge in [0.2, 0.25) is 11.8 Å². The van der Waals surface area contributed by atoms with Gasteiger partial charge in [-0.05, 0) is 11.4 Å². The van der Waals surface area contributed by atoms with E-state index in [1.165, 1.54) is 16.2 Å². The standard InChI is InChI=1S/C9H12N2O2S/c1-11(6-8(10)12)9(13)5-7-3-2-4-14-7/h2-4H,5-6H2,1H3,(H2,10,12). The molecule has 2 N–H and O–H groups in total. The van der Waals surface area contributed by atoms with Crippen molar-refractivity contribution in [2.24, 2.45) is 5.73 Å². The summed E-state index contributed by atoms with van der Waals surface area (Å²) in [5.41, 5.74) is 4.97. The predicted octanol–water partition coefficient (Wildman–Crippen LogP) is 0.234. The van der Waals surface area contributed by atoms with Crippen LogP contribution in [0.1, 0.15) is 4.88 Å². The summed E-state index contributed by atoms with van der Waals surface area (Å²) in [6.45, 7) is -0.0236. The molecule has 5 heteroatoms. The molecule has 14 heavy (non-hydrogen) atoms. The van der Waals surface area contributed by atoms with Crippen LogP contribution in [0, 0.1) is 0 Å². The molecule has 0 saturated heterocycles. The lowest BCUT2D eigenvalue weighted by Gasteiger charge is -2.13. The normalized spacial score (nSPS) is 9.79. The summed E-state index contributed by atoms with van der Waals surface area (Å²) in [7, 11) is 1.57. The van der Waals surface area contributed by atoms with Gasteiger partial charge >= 0.3 is 0 Å². The highest BCUT2D eigenvalue weighted by atomic mass is 32.1. The molecule has 0 fully saturated rings. The second kappa shape index (κ2) is 4.76. The smallest absolute Gasteiger partial charge is 0.237 e. The van der Waals surface area contributed by atoms with Gasteiger partial charge in [0.1, 0.15) is 0 Å². The Hall–Kier alpha value is -1.36. The molecule has 0 aliphatic heterocycles. The molecule has 0 unspecified atom stereocenters. The van der Waals surface area contributed by atoms with Gasteiger partial charge < -0.3 is 10.6 Å². The van der Waals surface area contributed by atoms with Gasteiger partial charge in [0.05, 0.1) is 13.0 Å². The zero-order valence-corrected chi connectivity index (χ0v) is 8.71. The maximum atomic E-state index is 11.5. The number of hydrogen-bond donors (Lipinski definition) is 1. The van der Waals surface area contributed by atoms with Gasteiger partial charge in [-0.2, -0.15) is 0 Å². The summed E-state index contributed by atoms with van der Waals surface area (Å²) in [4.78, 5) is 24.3. The fourth-order valence-electron chi connectivity index (χ4n) is 1.02. The number of carbonyl (C=O) groups is 2. The fraction of sp³-hybridized carbons (Fsp3) is 0.333. The van der Waals surface area contributed by atoms with Crippen LogP contribution in [0.15, 0.2) is 17.5 Å². The molecule has 0 saturated carbocycles. The van der Waals surface area contributed by atoms with Gasteiger partial charge in [-0.1, -0.05) is 6.07 Å². The monoisotopic (exact) mass is 212 g/mol. The Morgan fingerprint density at radius 1 is 1.57 bits per heavy atom. The van der Waals surface area contributed by atoms with E-state index in [1.54, 1.807) is 7.05 Å². The second-order valence-corrected chi connectivity index (χ2v) is 4.00. The van der Waals surface area contributed by atoms with Crippen LogP contribution in [-0.2, 0) is 16.0 Å². The first-order chi connectivity index (χ1) is 6.59. The van der Waals surface area contributed by atoms with E-state index >= 15 is 0 Å². The lowest BCUT2D eigenvalue weighted by atomic mass is 10.3. The average Bonchev–Trinajstić information content (AvgIpc) is 2.55. The zero-order chi connectivity index (χ0) is 10.6. The number of nitrogens with zero attached hydrogens (tertiary/aromatic N) is 1. The first-order valence-electron chi connectivity index (χ1n) is 4.14. The van der Waals surface area contributed by atoms with E-state index in [2.05, 4.69) is 0 Å². The molecule has 0 aliphatic carbocycles. The Labute approximate surface area is 86.3 Å². The van der Waals surface area contributed by atoms with Crippen molar-refractivity contribution in [3.8, 4) is 0 Å². The third-order valence-corrected chi connectivity index (χ3v) is 2.60. The predicted molar refractivity (Wildman–Crippen MR) is 54.9 cm³/mol. The third kappa shape index (κ3) is 3.18. The maximum absolute atomic E-state index is 11.5. The number of likely N-dealkylation sites (N-methyl/N-ethyl adjacent to an activating group) is 1. The van der Waals surface area contributed by atoms with Crippen LogP contribution < -0.4 is 5.73 Å². The van der Waals surface area contributed by atoms with E-state index < -0.39 is 5.91 Å². The van der Waals surface area contributed by atoms with Gasteiger partial charge in [-0.3, -0.25) is 9.59 Å². The lowest BCUT2D eigenvalue weighted by Crippen LogP contribution is -2.36. The molecule has 0 aromatic carbocycles. The molecular weight excluding hydrogens is 200 g/mol. The van der Waals surface area contributed by atoms with Gasteiger partial charge in [-0.25, -0.2) is 0 Å². The van der Waals surface area contributed by atoms with Crippen molar-refractivity contribution in [2.45, 2.75) is 6.42 Å². The molecule has 0 radical (unpaired) electrons. The van der Waals surface area contributed by atoms with Crippen LogP contribution in [0.5, 0.6) is 0 Å². The Morgan fingerprint density at radius 3 is 2.79 bits per heavy atom. The van der Waals surface area contributed by atoms with E-state index in [4.69, 9.17) is 5.73 Å². The topological polar surface area (TPSA) is 63.4 Å². The average molecular weight is 212 g/mol. The zero-order valence-electron chi connectivity index (χ0n) is 7.90.